The zero-order chi connectivity index (χ0) is 18.1. The maximum Gasteiger partial charge on any atom is 0.267 e. The number of nitrogens with zero attached hydrogens (tertiary/aromatic N) is 2. The van der Waals surface area contributed by atoms with E-state index in [0.717, 1.165) is 53.5 Å². The van der Waals surface area contributed by atoms with Crippen LogP contribution >= 0.6 is 11.3 Å². The van der Waals surface area contributed by atoms with Gasteiger partial charge in [-0.05, 0) is 42.8 Å². The van der Waals surface area contributed by atoms with Crippen molar-refractivity contribution in [3.63, 3.8) is 0 Å². The minimum Gasteiger partial charge on any atom is -0.397 e. The van der Waals surface area contributed by atoms with E-state index in [4.69, 9.17) is 10.5 Å². The SMILES string of the molecule is Cc1ccnc2sc(C(=O)Nc3ccc(N4CCOCC4)cc3)c(N)c12. The van der Waals surface area contributed by atoms with Crippen molar-refractivity contribution >= 4 is 44.5 Å². The summed E-state index contributed by atoms with van der Waals surface area (Å²) in [5.74, 6) is -0.205. The second-order valence-electron chi connectivity index (χ2n) is 6.25. The maximum absolute atomic E-state index is 12.7. The molecule has 134 valence electrons. The van der Waals surface area contributed by atoms with E-state index in [-0.39, 0.29) is 5.91 Å². The van der Waals surface area contributed by atoms with Gasteiger partial charge in [0, 0.05) is 36.0 Å². The van der Waals surface area contributed by atoms with E-state index in [2.05, 4.69) is 15.2 Å². The van der Waals surface area contributed by atoms with Crippen LogP contribution in [0, 0.1) is 6.92 Å². The molecule has 0 saturated carbocycles. The number of nitrogen functional groups attached to an aromatic ring is 1. The standard InChI is InChI=1S/C19H20N4O2S/c1-12-6-7-21-19-15(12)16(20)17(26-19)18(24)22-13-2-4-14(5-3-13)23-8-10-25-11-9-23/h2-7H,8-11,20H2,1H3,(H,22,24). The Labute approximate surface area is 155 Å². The van der Waals surface area contributed by atoms with Crippen LogP contribution in [0.3, 0.4) is 0 Å². The average Bonchev–Trinajstić information content (AvgIpc) is 3.01. The van der Waals surface area contributed by atoms with Crippen LogP contribution in [0.25, 0.3) is 10.2 Å². The molecule has 0 unspecified atom stereocenters. The molecule has 7 heteroatoms. The monoisotopic (exact) mass is 368 g/mol. The largest absolute Gasteiger partial charge is 0.397 e. The minimum absolute atomic E-state index is 0.205. The van der Waals surface area contributed by atoms with Crippen LogP contribution in [-0.2, 0) is 4.74 Å². The van der Waals surface area contributed by atoms with Crippen molar-refractivity contribution < 1.29 is 9.53 Å². The molecule has 0 aliphatic carbocycles. The lowest BCUT2D eigenvalue weighted by atomic mass is 10.1. The number of carbonyl (C=O) groups is 1. The predicted octanol–water partition coefficient (Wildman–Crippen LogP) is 3.28. The third kappa shape index (κ3) is 3.11. The number of aryl methyl sites for hydroxylation is 1. The first-order valence-corrected chi connectivity index (χ1v) is 9.33. The Morgan fingerprint density at radius 1 is 1.23 bits per heavy atom. The van der Waals surface area contributed by atoms with Gasteiger partial charge in [-0.15, -0.1) is 11.3 Å². The summed E-state index contributed by atoms with van der Waals surface area (Å²) in [5.41, 5.74) is 9.61. The number of thiophene rings is 1. The lowest BCUT2D eigenvalue weighted by Crippen LogP contribution is -2.36. The zero-order valence-electron chi connectivity index (χ0n) is 14.5. The Balaban J connectivity index is 1.53. The third-order valence-corrected chi connectivity index (χ3v) is 5.66. The molecule has 1 aliphatic rings. The Bertz CT molecular complexity index is 946. The smallest absolute Gasteiger partial charge is 0.267 e. The van der Waals surface area contributed by atoms with Gasteiger partial charge < -0.3 is 20.7 Å². The van der Waals surface area contributed by atoms with E-state index < -0.39 is 0 Å². The van der Waals surface area contributed by atoms with E-state index in [1.807, 2.05) is 37.3 Å². The van der Waals surface area contributed by atoms with Gasteiger partial charge in [0.1, 0.15) is 9.71 Å². The molecule has 1 aromatic carbocycles. The number of nitrogens with two attached hydrogens (primary N) is 1. The van der Waals surface area contributed by atoms with Crippen molar-refractivity contribution in [1.29, 1.82) is 0 Å². The molecule has 0 radical (unpaired) electrons. The van der Waals surface area contributed by atoms with Crippen LogP contribution < -0.4 is 16.0 Å². The summed E-state index contributed by atoms with van der Waals surface area (Å²) in [5, 5.41) is 3.80. The van der Waals surface area contributed by atoms with Crippen molar-refractivity contribution in [3.8, 4) is 0 Å². The highest BCUT2D eigenvalue weighted by atomic mass is 32.1. The number of ether oxygens (including phenoxy) is 1. The molecule has 0 atom stereocenters. The molecule has 1 fully saturated rings. The molecular weight excluding hydrogens is 348 g/mol. The zero-order valence-corrected chi connectivity index (χ0v) is 15.3. The average molecular weight is 368 g/mol. The van der Waals surface area contributed by atoms with Crippen molar-refractivity contribution in [1.82, 2.24) is 4.98 Å². The third-order valence-electron chi connectivity index (χ3n) is 4.54. The summed E-state index contributed by atoms with van der Waals surface area (Å²) in [6.07, 6.45) is 1.74. The number of morpholine rings is 1. The lowest BCUT2D eigenvalue weighted by Gasteiger charge is -2.28. The number of fused-ring (bicyclic) bond motifs is 1. The van der Waals surface area contributed by atoms with E-state index in [1.54, 1.807) is 6.20 Å². The van der Waals surface area contributed by atoms with Gasteiger partial charge in [-0.3, -0.25) is 4.79 Å². The van der Waals surface area contributed by atoms with Crippen molar-refractivity contribution in [2.45, 2.75) is 6.92 Å². The number of benzene rings is 1. The van der Waals surface area contributed by atoms with Gasteiger partial charge in [-0.25, -0.2) is 4.98 Å². The first-order chi connectivity index (χ1) is 12.6. The molecule has 1 amide bonds. The number of pyridine rings is 1. The summed E-state index contributed by atoms with van der Waals surface area (Å²) in [6, 6.07) is 9.75. The summed E-state index contributed by atoms with van der Waals surface area (Å²) in [7, 11) is 0. The summed E-state index contributed by atoms with van der Waals surface area (Å²) >= 11 is 1.32. The molecule has 2 aromatic heterocycles. The first-order valence-electron chi connectivity index (χ1n) is 8.51. The maximum atomic E-state index is 12.7. The molecule has 26 heavy (non-hydrogen) atoms. The quantitative estimate of drug-likeness (QED) is 0.742. The molecule has 1 saturated heterocycles. The number of aromatic nitrogens is 1. The predicted molar refractivity (Wildman–Crippen MR) is 106 cm³/mol. The van der Waals surface area contributed by atoms with Gasteiger partial charge in [-0.2, -0.15) is 0 Å². The normalized spacial score (nSPS) is 14.6. The topological polar surface area (TPSA) is 80.5 Å². The number of rotatable bonds is 3. The lowest BCUT2D eigenvalue weighted by molar-refractivity contribution is 0.103. The fourth-order valence-electron chi connectivity index (χ4n) is 3.14. The number of amides is 1. The molecule has 0 spiro atoms. The van der Waals surface area contributed by atoms with Gasteiger partial charge in [0.15, 0.2) is 0 Å². The first kappa shape index (κ1) is 16.8. The summed E-state index contributed by atoms with van der Waals surface area (Å²) < 4.78 is 5.38. The van der Waals surface area contributed by atoms with E-state index in [1.165, 1.54) is 11.3 Å². The van der Waals surface area contributed by atoms with Gasteiger partial charge >= 0.3 is 0 Å². The Hall–Kier alpha value is -2.64. The Morgan fingerprint density at radius 3 is 2.65 bits per heavy atom. The number of anilines is 3. The number of carbonyl (C=O) groups excluding carboxylic acids is 1. The fraction of sp³-hybridized carbons (Fsp3) is 0.263. The Morgan fingerprint density at radius 2 is 1.96 bits per heavy atom. The number of hydrogen-bond acceptors (Lipinski definition) is 6. The van der Waals surface area contributed by atoms with E-state index >= 15 is 0 Å². The molecule has 3 heterocycles. The van der Waals surface area contributed by atoms with Gasteiger partial charge in [0.2, 0.25) is 0 Å². The highest BCUT2D eigenvalue weighted by Crippen LogP contribution is 2.34. The second kappa shape index (κ2) is 6.93. The van der Waals surface area contributed by atoms with Crippen LogP contribution in [0.2, 0.25) is 0 Å². The molecular formula is C19H20N4O2S. The number of hydrogen-bond donors (Lipinski definition) is 2. The number of nitrogens with one attached hydrogen (secondary N) is 1. The minimum atomic E-state index is -0.205. The molecule has 3 aromatic rings. The molecule has 4 rings (SSSR count). The van der Waals surface area contributed by atoms with Gasteiger partial charge in [-0.1, -0.05) is 0 Å². The molecule has 1 aliphatic heterocycles. The molecule has 6 nitrogen and oxygen atoms in total. The highest BCUT2D eigenvalue weighted by Gasteiger charge is 2.18. The highest BCUT2D eigenvalue weighted by molar-refractivity contribution is 7.21. The van der Waals surface area contributed by atoms with Crippen LogP contribution in [-0.4, -0.2) is 37.2 Å². The van der Waals surface area contributed by atoms with Crippen molar-refractivity contribution in [3.05, 3.63) is 47.0 Å². The van der Waals surface area contributed by atoms with Gasteiger partial charge in [0.25, 0.3) is 5.91 Å². The second-order valence-corrected chi connectivity index (χ2v) is 7.25. The van der Waals surface area contributed by atoms with Crippen molar-refractivity contribution in [2.75, 3.05) is 42.3 Å². The summed E-state index contributed by atoms with van der Waals surface area (Å²) in [6.45, 7) is 5.24. The van der Waals surface area contributed by atoms with Crippen LogP contribution in [0.15, 0.2) is 36.5 Å². The molecule has 3 N–H and O–H groups in total. The summed E-state index contributed by atoms with van der Waals surface area (Å²) in [4.78, 5) is 20.5. The van der Waals surface area contributed by atoms with Crippen LogP contribution in [0.5, 0.6) is 0 Å². The van der Waals surface area contributed by atoms with E-state index in [0.29, 0.717) is 10.6 Å². The van der Waals surface area contributed by atoms with Crippen molar-refractivity contribution in [2.24, 2.45) is 0 Å². The van der Waals surface area contributed by atoms with E-state index in [9.17, 15) is 4.79 Å². The van der Waals surface area contributed by atoms with Crippen LogP contribution in [0.4, 0.5) is 17.1 Å². The fourth-order valence-corrected chi connectivity index (χ4v) is 4.17. The Kier molecular flexibility index (Phi) is 4.48. The molecule has 0 bridgehead atoms. The van der Waals surface area contributed by atoms with Crippen LogP contribution in [0.1, 0.15) is 15.2 Å². The van der Waals surface area contributed by atoms with Gasteiger partial charge in [0.05, 0.1) is 18.9 Å².